The molecule has 3 heterocycles. The Labute approximate surface area is 187 Å². The second-order valence-corrected chi connectivity index (χ2v) is 8.43. The van der Waals surface area contributed by atoms with Crippen molar-refractivity contribution in [2.75, 3.05) is 25.0 Å². The highest BCUT2D eigenvalue weighted by Gasteiger charge is 2.21. The molecule has 0 amide bonds. The Kier molecular flexibility index (Phi) is 6.49. The SMILES string of the molecule is Cc1c(-c2noc(-c3cnc(NC(C)C)c(C#N)c3)n2)ccc2c1CCN(CCCO)C2. The van der Waals surface area contributed by atoms with Crippen molar-refractivity contribution in [2.45, 2.75) is 46.2 Å². The molecule has 4 rings (SSSR count). The zero-order valence-electron chi connectivity index (χ0n) is 18.7. The Hall–Kier alpha value is -3.28. The third-order valence-corrected chi connectivity index (χ3v) is 5.75. The van der Waals surface area contributed by atoms with Crippen molar-refractivity contribution in [2.24, 2.45) is 0 Å². The summed E-state index contributed by atoms with van der Waals surface area (Å²) >= 11 is 0. The van der Waals surface area contributed by atoms with Gasteiger partial charge in [0.05, 0.1) is 11.1 Å². The van der Waals surface area contributed by atoms with Gasteiger partial charge in [-0.15, -0.1) is 0 Å². The Morgan fingerprint density at radius 1 is 1.34 bits per heavy atom. The van der Waals surface area contributed by atoms with E-state index in [2.05, 4.69) is 44.4 Å². The van der Waals surface area contributed by atoms with Gasteiger partial charge in [0.15, 0.2) is 0 Å². The van der Waals surface area contributed by atoms with Gasteiger partial charge < -0.3 is 14.9 Å². The molecule has 0 radical (unpaired) electrons. The zero-order chi connectivity index (χ0) is 22.7. The lowest BCUT2D eigenvalue weighted by Gasteiger charge is -2.30. The van der Waals surface area contributed by atoms with Gasteiger partial charge in [0, 0.05) is 44.0 Å². The molecule has 0 spiro atoms. The lowest BCUT2D eigenvalue weighted by molar-refractivity contribution is 0.212. The topological polar surface area (TPSA) is 111 Å². The molecule has 0 fully saturated rings. The molecular formula is C24H28N6O2. The zero-order valence-corrected chi connectivity index (χ0v) is 18.7. The van der Waals surface area contributed by atoms with Crippen LogP contribution in [0.3, 0.4) is 0 Å². The number of aromatic nitrogens is 3. The van der Waals surface area contributed by atoms with Gasteiger partial charge in [-0.3, -0.25) is 4.90 Å². The molecule has 8 heteroatoms. The van der Waals surface area contributed by atoms with Gasteiger partial charge in [-0.25, -0.2) is 4.98 Å². The number of nitrogens with one attached hydrogen (secondary N) is 1. The summed E-state index contributed by atoms with van der Waals surface area (Å²) in [6.45, 7) is 9.11. The van der Waals surface area contributed by atoms with E-state index in [9.17, 15) is 5.26 Å². The van der Waals surface area contributed by atoms with E-state index in [0.717, 1.165) is 38.0 Å². The minimum Gasteiger partial charge on any atom is -0.396 e. The highest BCUT2D eigenvalue weighted by molar-refractivity contribution is 5.67. The van der Waals surface area contributed by atoms with Crippen LogP contribution < -0.4 is 5.32 Å². The standard InChI is InChI=1S/C24H28N6O2/c1-15(2)27-22-18(12-25)11-19(13-26-22)24-28-23(29-32-24)21-6-5-17-14-30(8-4-10-31)9-7-20(17)16(21)3/h5-6,11,13,15,31H,4,7-10,14H2,1-3H3,(H,26,27). The maximum absolute atomic E-state index is 9.49. The molecule has 1 aliphatic rings. The Morgan fingerprint density at radius 2 is 2.19 bits per heavy atom. The normalized spacial score (nSPS) is 13.8. The van der Waals surface area contributed by atoms with Crippen LogP contribution in [0, 0.1) is 18.3 Å². The van der Waals surface area contributed by atoms with Crippen molar-refractivity contribution in [3.8, 4) is 28.9 Å². The number of nitriles is 1. The molecule has 3 aromatic rings. The van der Waals surface area contributed by atoms with Crippen molar-refractivity contribution in [1.29, 1.82) is 5.26 Å². The Morgan fingerprint density at radius 3 is 2.94 bits per heavy atom. The van der Waals surface area contributed by atoms with Gasteiger partial charge in [-0.05, 0) is 56.4 Å². The molecule has 0 bridgehead atoms. The molecular weight excluding hydrogens is 404 g/mol. The monoisotopic (exact) mass is 432 g/mol. The van der Waals surface area contributed by atoms with Crippen LogP contribution in [0.5, 0.6) is 0 Å². The first kappa shape index (κ1) is 21.9. The summed E-state index contributed by atoms with van der Waals surface area (Å²) in [5.41, 5.74) is 5.83. The number of anilines is 1. The van der Waals surface area contributed by atoms with Crippen molar-refractivity contribution in [3.05, 3.63) is 46.6 Å². The number of fused-ring (bicyclic) bond motifs is 1. The van der Waals surface area contributed by atoms with E-state index in [-0.39, 0.29) is 12.6 Å². The number of benzene rings is 1. The fraction of sp³-hybridized carbons (Fsp3) is 0.417. The first-order chi connectivity index (χ1) is 15.5. The molecule has 0 saturated carbocycles. The van der Waals surface area contributed by atoms with Crippen LogP contribution in [0.15, 0.2) is 28.9 Å². The first-order valence-corrected chi connectivity index (χ1v) is 11.0. The molecule has 32 heavy (non-hydrogen) atoms. The Balaban J connectivity index is 1.59. The van der Waals surface area contributed by atoms with Gasteiger partial charge in [-0.2, -0.15) is 10.2 Å². The van der Waals surface area contributed by atoms with E-state index < -0.39 is 0 Å². The second kappa shape index (κ2) is 9.47. The van der Waals surface area contributed by atoms with Crippen LogP contribution >= 0.6 is 0 Å². The smallest absolute Gasteiger partial charge is 0.259 e. The summed E-state index contributed by atoms with van der Waals surface area (Å²) < 4.78 is 5.52. The number of hydrogen-bond acceptors (Lipinski definition) is 8. The largest absolute Gasteiger partial charge is 0.396 e. The van der Waals surface area contributed by atoms with Crippen LogP contribution in [0.4, 0.5) is 5.82 Å². The van der Waals surface area contributed by atoms with Gasteiger partial charge in [0.1, 0.15) is 11.9 Å². The summed E-state index contributed by atoms with van der Waals surface area (Å²) in [4.78, 5) is 11.3. The minimum absolute atomic E-state index is 0.171. The van der Waals surface area contributed by atoms with E-state index in [1.54, 1.807) is 12.3 Å². The minimum atomic E-state index is 0.171. The van der Waals surface area contributed by atoms with Gasteiger partial charge in [0.25, 0.3) is 5.89 Å². The van der Waals surface area contributed by atoms with E-state index in [0.29, 0.717) is 28.7 Å². The summed E-state index contributed by atoms with van der Waals surface area (Å²) in [5.74, 6) is 1.42. The molecule has 0 atom stereocenters. The number of hydrogen-bond donors (Lipinski definition) is 2. The fourth-order valence-corrected chi connectivity index (χ4v) is 4.13. The molecule has 8 nitrogen and oxygen atoms in total. The van der Waals surface area contributed by atoms with E-state index in [4.69, 9.17) is 9.63 Å². The molecule has 1 aromatic carbocycles. The predicted molar refractivity (Wildman–Crippen MR) is 122 cm³/mol. The molecule has 166 valence electrons. The predicted octanol–water partition coefficient (Wildman–Crippen LogP) is 3.54. The number of nitrogens with zero attached hydrogens (tertiary/aromatic N) is 5. The molecule has 1 aliphatic heterocycles. The molecule has 0 aliphatic carbocycles. The van der Waals surface area contributed by atoms with Gasteiger partial charge in [0.2, 0.25) is 5.82 Å². The van der Waals surface area contributed by atoms with Gasteiger partial charge >= 0.3 is 0 Å². The number of aliphatic hydroxyl groups is 1. The van der Waals surface area contributed by atoms with Crippen molar-refractivity contribution < 1.29 is 9.63 Å². The third-order valence-electron chi connectivity index (χ3n) is 5.75. The average molecular weight is 433 g/mol. The molecule has 2 aromatic heterocycles. The second-order valence-electron chi connectivity index (χ2n) is 8.43. The lowest BCUT2D eigenvalue weighted by Crippen LogP contribution is -2.32. The summed E-state index contributed by atoms with van der Waals surface area (Å²) in [6, 6.07) is 8.25. The van der Waals surface area contributed by atoms with Crippen LogP contribution in [0.2, 0.25) is 0 Å². The summed E-state index contributed by atoms with van der Waals surface area (Å²) in [7, 11) is 0. The fourth-order valence-electron chi connectivity index (χ4n) is 4.13. The van der Waals surface area contributed by atoms with E-state index >= 15 is 0 Å². The van der Waals surface area contributed by atoms with Crippen LogP contribution in [0.1, 0.15) is 42.5 Å². The maximum atomic E-state index is 9.49. The van der Waals surface area contributed by atoms with Crippen LogP contribution in [-0.2, 0) is 13.0 Å². The maximum Gasteiger partial charge on any atom is 0.259 e. The van der Waals surface area contributed by atoms with Crippen molar-refractivity contribution in [1.82, 2.24) is 20.0 Å². The highest BCUT2D eigenvalue weighted by Crippen LogP contribution is 2.31. The van der Waals surface area contributed by atoms with E-state index in [1.165, 1.54) is 16.7 Å². The highest BCUT2D eigenvalue weighted by atomic mass is 16.5. The number of pyridine rings is 1. The summed E-state index contributed by atoms with van der Waals surface area (Å²) in [5, 5.41) is 25.9. The molecule has 0 saturated heterocycles. The van der Waals surface area contributed by atoms with Gasteiger partial charge in [-0.1, -0.05) is 17.3 Å². The lowest BCUT2D eigenvalue weighted by atomic mass is 9.91. The number of rotatable bonds is 7. The Bertz CT molecular complexity index is 1150. The van der Waals surface area contributed by atoms with Crippen molar-refractivity contribution >= 4 is 5.82 Å². The molecule has 2 N–H and O–H groups in total. The number of aliphatic hydroxyl groups excluding tert-OH is 1. The van der Waals surface area contributed by atoms with Crippen LogP contribution in [0.25, 0.3) is 22.8 Å². The quantitative estimate of drug-likeness (QED) is 0.583. The van der Waals surface area contributed by atoms with Crippen LogP contribution in [-0.4, -0.2) is 50.9 Å². The first-order valence-electron chi connectivity index (χ1n) is 11.0. The summed E-state index contributed by atoms with van der Waals surface area (Å²) in [6.07, 6.45) is 3.41. The third kappa shape index (κ3) is 4.49. The molecule has 0 unspecified atom stereocenters. The van der Waals surface area contributed by atoms with Crippen molar-refractivity contribution in [3.63, 3.8) is 0 Å². The van der Waals surface area contributed by atoms with E-state index in [1.807, 2.05) is 19.9 Å². The average Bonchev–Trinajstić information content (AvgIpc) is 3.27.